The van der Waals surface area contributed by atoms with E-state index in [9.17, 15) is 15.3 Å². The van der Waals surface area contributed by atoms with Gasteiger partial charge in [0, 0.05) is 33.3 Å². The Balaban J connectivity index is 5.31. The molecular weight excluding hydrogens is 326 g/mol. The molecule has 0 aromatic rings. The van der Waals surface area contributed by atoms with Gasteiger partial charge >= 0.3 is 0 Å². The average Bonchev–Trinajstić information content (AvgIpc) is 2.61. The summed E-state index contributed by atoms with van der Waals surface area (Å²) in [6, 6.07) is 0. The van der Waals surface area contributed by atoms with Crippen molar-refractivity contribution in [2.45, 2.75) is 43.9 Å². The van der Waals surface area contributed by atoms with Crippen molar-refractivity contribution in [1.29, 1.82) is 0 Å². The highest BCUT2D eigenvalue weighted by Gasteiger charge is 2.39. The highest BCUT2D eigenvalue weighted by Crippen LogP contribution is 2.20. The Bertz CT molecular complexity index is 310. The molecule has 0 amide bonds. The third kappa shape index (κ3) is 7.23. The predicted octanol–water partition coefficient (Wildman–Crippen LogP) is -3.00. The first-order valence-corrected chi connectivity index (χ1v) is 7.66. The van der Waals surface area contributed by atoms with E-state index in [2.05, 4.69) is 0 Å². The normalized spacial score (nSPS) is 20.9. The van der Waals surface area contributed by atoms with Gasteiger partial charge < -0.3 is 50.2 Å². The van der Waals surface area contributed by atoms with E-state index in [4.69, 9.17) is 34.9 Å². The van der Waals surface area contributed by atoms with Gasteiger partial charge in [0.2, 0.25) is 0 Å². The summed E-state index contributed by atoms with van der Waals surface area (Å²) in [5.41, 5.74) is 5.37. The van der Waals surface area contributed by atoms with Crippen LogP contribution in [0.2, 0.25) is 0 Å². The zero-order chi connectivity index (χ0) is 18.7. The largest absolute Gasteiger partial charge is 0.396 e. The number of hydrogen-bond donors (Lipinski definition) is 6. The molecule has 0 spiro atoms. The molecule has 7 N–H and O–H groups in total. The SMILES string of the molecule is COC(OCCN)C(OC(OC)[C@H](O)CO)C(O)C(O)C(C)CO. The van der Waals surface area contributed by atoms with Crippen LogP contribution < -0.4 is 5.73 Å². The van der Waals surface area contributed by atoms with E-state index in [1.165, 1.54) is 21.1 Å². The second kappa shape index (κ2) is 12.9. The number of nitrogens with two attached hydrogens (primary N) is 1. The summed E-state index contributed by atoms with van der Waals surface area (Å²) in [7, 11) is 2.54. The molecule has 6 unspecified atom stereocenters. The molecule has 0 aromatic carbocycles. The molecular formula is C14H31NO9. The number of ether oxygens (including phenoxy) is 4. The van der Waals surface area contributed by atoms with Gasteiger partial charge in [-0.2, -0.15) is 0 Å². The maximum Gasteiger partial charge on any atom is 0.186 e. The standard InChI is InChI=1S/C14H31NO9/c1-8(6-16)10(19)11(20)12(14(22-3)23-5-4-15)24-13(21-2)9(18)7-17/h8-14,16-20H,4-7,15H2,1-3H3/t8?,9-,10?,11?,12?,13?,14?/m1/s1. The zero-order valence-corrected chi connectivity index (χ0v) is 14.3. The Morgan fingerprint density at radius 3 is 1.92 bits per heavy atom. The summed E-state index contributed by atoms with van der Waals surface area (Å²) >= 11 is 0. The van der Waals surface area contributed by atoms with Crippen LogP contribution in [0.4, 0.5) is 0 Å². The fourth-order valence-corrected chi connectivity index (χ4v) is 1.97. The van der Waals surface area contributed by atoms with Crippen LogP contribution in [0.25, 0.3) is 0 Å². The molecule has 0 saturated heterocycles. The van der Waals surface area contributed by atoms with Crippen LogP contribution in [0.5, 0.6) is 0 Å². The van der Waals surface area contributed by atoms with Crippen LogP contribution >= 0.6 is 0 Å². The summed E-state index contributed by atoms with van der Waals surface area (Å²) in [6.07, 6.45) is -7.99. The molecule has 24 heavy (non-hydrogen) atoms. The summed E-state index contributed by atoms with van der Waals surface area (Å²) in [6.45, 7) is 0.809. The zero-order valence-electron chi connectivity index (χ0n) is 14.3. The van der Waals surface area contributed by atoms with Gasteiger partial charge in [0.1, 0.15) is 18.3 Å². The highest BCUT2D eigenvalue weighted by atomic mass is 16.7. The summed E-state index contributed by atoms with van der Waals surface area (Å²) < 4.78 is 20.9. The Hall–Kier alpha value is -0.400. The lowest BCUT2D eigenvalue weighted by molar-refractivity contribution is -0.292. The molecule has 10 nitrogen and oxygen atoms in total. The predicted molar refractivity (Wildman–Crippen MR) is 82.8 cm³/mol. The minimum Gasteiger partial charge on any atom is -0.396 e. The molecule has 0 aromatic heterocycles. The van der Waals surface area contributed by atoms with Crippen LogP contribution in [-0.4, -0.2) is 103 Å². The second-order valence-electron chi connectivity index (χ2n) is 5.36. The van der Waals surface area contributed by atoms with Crippen molar-refractivity contribution >= 4 is 0 Å². The van der Waals surface area contributed by atoms with E-state index in [1.54, 1.807) is 0 Å². The Labute approximate surface area is 141 Å². The maximum atomic E-state index is 10.4. The van der Waals surface area contributed by atoms with Gasteiger partial charge in [0.25, 0.3) is 0 Å². The molecule has 146 valence electrons. The van der Waals surface area contributed by atoms with Crippen LogP contribution in [0, 0.1) is 5.92 Å². The minimum atomic E-state index is -1.53. The molecule has 0 aliphatic carbocycles. The van der Waals surface area contributed by atoms with E-state index in [0.29, 0.717) is 0 Å². The lowest BCUT2D eigenvalue weighted by Gasteiger charge is -2.36. The van der Waals surface area contributed by atoms with Crippen LogP contribution in [0.3, 0.4) is 0 Å². The monoisotopic (exact) mass is 357 g/mol. The van der Waals surface area contributed by atoms with Crippen LogP contribution in [-0.2, 0) is 18.9 Å². The van der Waals surface area contributed by atoms with Crippen molar-refractivity contribution in [3.05, 3.63) is 0 Å². The highest BCUT2D eigenvalue weighted by molar-refractivity contribution is 4.83. The fraction of sp³-hybridized carbons (Fsp3) is 1.00. The molecule has 0 heterocycles. The molecule has 0 radical (unpaired) electrons. The Morgan fingerprint density at radius 1 is 0.917 bits per heavy atom. The molecule has 0 bridgehead atoms. The van der Waals surface area contributed by atoms with E-state index >= 15 is 0 Å². The molecule has 7 atom stereocenters. The first-order valence-electron chi connectivity index (χ1n) is 7.66. The molecule has 0 rings (SSSR count). The van der Waals surface area contributed by atoms with Gasteiger partial charge in [-0.1, -0.05) is 6.92 Å². The number of aliphatic hydroxyl groups is 5. The first-order chi connectivity index (χ1) is 11.4. The molecule has 10 heteroatoms. The van der Waals surface area contributed by atoms with Gasteiger partial charge in [-0.3, -0.25) is 0 Å². The Morgan fingerprint density at radius 2 is 1.50 bits per heavy atom. The van der Waals surface area contributed by atoms with Crippen LogP contribution in [0.15, 0.2) is 0 Å². The van der Waals surface area contributed by atoms with E-state index < -0.39 is 49.5 Å². The molecule has 0 aliphatic heterocycles. The van der Waals surface area contributed by atoms with Gasteiger partial charge in [-0.05, 0) is 0 Å². The number of methoxy groups -OCH3 is 2. The quantitative estimate of drug-likeness (QED) is 0.176. The number of hydrogen-bond acceptors (Lipinski definition) is 10. The summed E-state index contributed by atoms with van der Waals surface area (Å²) in [5, 5.41) is 48.4. The molecule has 0 aliphatic rings. The fourth-order valence-electron chi connectivity index (χ4n) is 1.97. The number of rotatable bonds is 14. The van der Waals surface area contributed by atoms with Gasteiger partial charge in [0.05, 0.1) is 19.3 Å². The topological polar surface area (TPSA) is 164 Å². The van der Waals surface area contributed by atoms with Crippen molar-refractivity contribution in [2.24, 2.45) is 11.7 Å². The van der Waals surface area contributed by atoms with E-state index in [0.717, 1.165) is 0 Å². The van der Waals surface area contributed by atoms with Crippen molar-refractivity contribution in [2.75, 3.05) is 40.6 Å². The van der Waals surface area contributed by atoms with Crippen molar-refractivity contribution in [1.82, 2.24) is 0 Å². The maximum absolute atomic E-state index is 10.4. The minimum absolute atomic E-state index is 0.0942. The van der Waals surface area contributed by atoms with Gasteiger partial charge in [-0.15, -0.1) is 0 Å². The smallest absolute Gasteiger partial charge is 0.186 e. The average molecular weight is 357 g/mol. The van der Waals surface area contributed by atoms with E-state index in [-0.39, 0.29) is 19.8 Å². The second-order valence-corrected chi connectivity index (χ2v) is 5.36. The first kappa shape index (κ1) is 23.6. The van der Waals surface area contributed by atoms with Gasteiger partial charge in [-0.25, -0.2) is 0 Å². The van der Waals surface area contributed by atoms with Crippen LogP contribution in [0.1, 0.15) is 6.92 Å². The molecule has 0 fully saturated rings. The summed E-state index contributed by atoms with van der Waals surface area (Å²) in [4.78, 5) is 0. The number of aliphatic hydroxyl groups excluding tert-OH is 5. The lowest BCUT2D eigenvalue weighted by Crippen LogP contribution is -2.53. The molecule has 0 saturated carbocycles. The van der Waals surface area contributed by atoms with Gasteiger partial charge in [0.15, 0.2) is 12.6 Å². The van der Waals surface area contributed by atoms with Crippen molar-refractivity contribution in [3.63, 3.8) is 0 Å². The third-order valence-corrected chi connectivity index (χ3v) is 3.48. The lowest BCUT2D eigenvalue weighted by atomic mass is 9.96. The van der Waals surface area contributed by atoms with Crippen molar-refractivity contribution < 1.29 is 44.5 Å². The summed E-state index contributed by atoms with van der Waals surface area (Å²) in [5.74, 6) is -0.651. The Kier molecular flexibility index (Phi) is 12.7. The van der Waals surface area contributed by atoms with Crippen molar-refractivity contribution in [3.8, 4) is 0 Å². The van der Waals surface area contributed by atoms with E-state index in [1.807, 2.05) is 0 Å². The third-order valence-electron chi connectivity index (χ3n) is 3.48.